The molecular formula is C16H19BrFNO5S. The Bertz CT molecular complexity index is 807. The largest absolute Gasteiger partial charge is 0.464 e. The number of nitrogens with zero attached hydrogens (tertiary/aromatic N) is 1. The van der Waals surface area contributed by atoms with E-state index in [1.54, 1.807) is 12.1 Å². The molecule has 2 rings (SSSR count). The molecule has 0 aliphatic carbocycles. The number of carbonyl (C=O) groups is 1. The van der Waals surface area contributed by atoms with Gasteiger partial charge in [-0.15, -0.1) is 0 Å². The fraction of sp³-hybridized carbons (Fsp3) is 0.500. The summed E-state index contributed by atoms with van der Waals surface area (Å²) in [5.74, 6) is -1.19. The minimum absolute atomic E-state index is 0.0138. The molecule has 138 valence electrons. The molecule has 0 amide bonds. The molecular weight excluding hydrogens is 417 g/mol. The van der Waals surface area contributed by atoms with Crippen LogP contribution in [0.4, 0.5) is 4.39 Å². The fourth-order valence-electron chi connectivity index (χ4n) is 2.04. The molecule has 0 saturated carbocycles. The van der Waals surface area contributed by atoms with Gasteiger partial charge in [0.2, 0.25) is 0 Å². The molecule has 0 radical (unpaired) electrons. The Morgan fingerprint density at radius 1 is 1.48 bits per heavy atom. The van der Waals surface area contributed by atoms with Crippen LogP contribution in [0.2, 0.25) is 0 Å². The highest BCUT2D eigenvalue weighted by Gasteiger charge is 2.40. The summed E-state index contributed by atoms with van der Waals surface area (Å²) in [6, 6.07) is 4.69. The Morgan fingerprint density at radius 2 is 2.16 bits per heavy atom. The zero-order valence-electron chi connectivity index (χ0n) is 14.1. The van der Waals surface area contributed by atoms with Crippen molar-refractivity contribution in [2.45, 2.75) is 37.5 Å². The smallest absolute Gasteiger partial charge is 0.326 e. The highest BCUT2D eigenvalue weighted by Crippen LogP contribution is 2.23. The average molecular weight is 436 g/mol. The molecule has 1 aliphatic rings. The normalized spacial score (nSPS) is 17.8. The Balaban J connectivity index is 1.85. The van der Waals surface area contributed by atoms with Crippen molar-refractivity contribution >= 4 is 37.4 Å². The molecule has 1 aromatic rings. The molecule has 0 N–H and O–H groups in total. The number of benzene rings is 1. The molecule has 0 saturated heterocycles. The lowest BCUT2D eigenvalue weighted by Crippen LogP contribution is -2.41. The van der Waals surface area contributed by atoms with Gasteiger partial charge in [-0.25, -0.2) is 12.8 Å². The van der Waals surface area contributed by atoms with Crippen molar-refractivity contribution in [2.24, 2.45) is 5.16 Å². The van der Waals surface area contributed by atoms with Crippen molar-refractivity contribution in [1.29, 1.82) is 0 Å². The maximum Gasteiger partial charge on any atom is 0.326 e. The van der Waals surface area contributed by atoms with Gasteiger partial charge in [0.1, 0.15) is 11.9 Å². The van der Waals surface area contributed by atoms with Crippen molar-refractivity contribution in [3.05, 3.63) is 34.1 Å². The number of esters is 1. The summed E-state index contributed by atoms with van der Waals surface area (Å²) in [5.41, 5.74) is 1.23. The van der Waals surface area contributed by atoms with Gasteiger partial charge in [-0.05, 0) is 41.9 Å². The van der Waals surface area contributed by atoms with Gasteiger partial charge in [0, 0.05) is 24.7 Å². The molecule has 6 nitrogen and oxygen atoms in total. The summed E-state index contributed by atoms with van der Waals surface area (Å²) in [7, 11) is -3.57. The highest BCUT2D eigenvalue weighted by atomic mass is 79.9. The number of ether oxygens (including phenoxy) is 1. The van der Waals surface area contributed by atoms with Crippen LogP contribution in [0.1, 0.15) is 32.3 Å². The minimum atomic E-state index is -3.57. The van der Waals surface area contributed by atoms with Crippen molar-refractivity contribution in [3.63, 3.8) is 0 Å². The zero-order valence-corrected chi connectivity index (χ0v) is 16.5. The monoisotopic (exact) mass is 435 g/mol. The second-order valence-corrected chi connectivity index (χ2v) is 9.72. The lowest BCUT2D eigenvalue weighted by atomic mass is 10.0. The molecule has 1 aromatic carbocycles. The molecule has 1 aliphatic heterocycles. The Kier molecular flexibility index (Phi) is 5.88. The molecule has 0 fully saturated rings. The molecule has 0 spiro atoms. The molecule has 0 aromatic heterocycles. The van der Waals surface area contributed by atoms with Crippen molar-refractivity contribution < 1.29 is 27.2 Å². The minimum Gasteiger partial charge on any atom is -0.464 e. The van der Waals surface area contributed by atoms with Crippen molar-refractivity contribution in [3.8, 4) is 0 Å². The number of hydrogen-bond donors (Lipinski definition) is 0. The lowest BCUT2D eigenvalue weighted by molar-refractivity contribution is -0.146. The fourth-order valence-corrected chi connectivity index (χ4v) is 2.65. The molecule has 1 unspecified atom stereocenters. The molecule has 1 heterocycles. The summed E-state index contributed by atoms with van der Waals surface area (Å²) in [4.78, 5) is 17.2. The van der Waals surface area contributed by atoms with Crippen LogP contribution < -0.4 is 0 Å². The van der Waals surface area contributed by atoms with Gasteiger partial charge in [0.15, 0.2) is 14.6 Å². The summed E-state index contributed by atoms with van der Waals surface area (Å²) in [6.07, 6.45) is 1.49. The number of oxime groups is 1. The highest BCUT2D eigenvalue weighted by molar-refractivity contribution is 9.10. The van der Waals surface area contributed by atoms with Gasteiger partial charge in [-0.3, -0.25) is 4.79 Å². The van der Waals surface area contributed by atoms with Crippen LogP contribution in [0.3, 0.4) is 0 Å². The van der Waals surface area contributed by atoms with E-state index in [1.165, 1.54) is 19.9 Å². The van der Waals surface area contributed by atoms with Crippen LogP contribution >= 0.6 is 15.9 Å². The number of carbonyl (C=O) groups excluding carboxylic acids is 1. The predicted octanol–water partition coefficient (Wildman–Crippen LogP) is 2.84. The first kappa shape index (κ1) is 19.8. The van der Waals surface area contributed by atoms with Gasteiger partial charge in [-0.2, -0.15) is 0 Å². The number of halogens is 2. The standard InChI is InChI=1S/C16H19BrFNO5S/c1-16(2,25(3,21)22)15(20)23-7-6-11-9-14(19-24-11)10-4-5-12(17)13(18)8-10/h4-5,8,11H,6-7,9H2,1-3H3. The first-order valence-corrected chi connectivity index (χ1v) is 10.3. The summed E-state index contributed by atoms with van der Waals surface area (Å²) in [5, 5.41) is 3.94. The third-order valence-corrected chi connectivity index (χ3v) is 6.74. The van der Waals surface area contributed by atoms with Gasteiger partial charge >= 0.3 is 5.97 Å². The van der Waals surface area contributed by atoms with Crippen LogP contribution in [0, 0.1) is 5.82 Å². The van der Waals surface area contributed by atoms with E-state index in [1.807, 2.05) is 0 Å². The SMILES string of the molecule is CC(C)(C(=O)OCCC1CC(c2ccc(Br)c(F)c2)=NO1)S(C)(=O)=O. The van der Waals surface area contributed by atoms with Gasteiger partial charge < -0.3 is 9.57 Å². The van der Waals surface area contributed by atoms with Gasteiger partial charge in [-0.1, -0.05) is 11.2 Å². The van der Waals surface area contributed by atoms with Crippen LogP contribution in [0.25, 0.3) is 0 Å². The third-order valence-electron chi connectivity index (χ3n) is 4.08. The van der Waals surface area contributed by atoms with Crippen LogP contribution in [-0.2, 0) is 24.2 Å². The van der Waals surface area contributed by atoms with Crippen LogP contribution in [0.15, 0.2) is 27.8 Å². The van der Waals surface area contributed by atoms with E-state index in [0.29, 0.717) is 28.6 Å². The number of hydrogen-bond acceptors (Lipinski definition) is 6. The first-order chi connectivity index (χ1) is 11.5. The van der Waals surface area contributed by atoms with Crippen molar-refractivity contribution in [1.82, 2.24) is 0 Å². The van der Waals surface area contributed by atoms with Gasteiger partial charge in [0.25, 0.3) is 0 Å². The van der Waals surface area contributed by atoms with E-state index in [2.05, 4.69) is 21.1 Å². The molecule has 0 bridgehead atoms. The van der Waals surface area contributed by atoms with Crippen LogP contribution in [0.5, 0.6) is 0 Å². The summed E-state index contributed by atoms with van der Waals surface area (Å²) in [6.45, 7) is 2.63. The Labute approximate surface area is 154 Å². The lowest BCUT2D eigenvalue weighted by Gasteiger charge is -2.20. The third kappa shape index (κ3) is 4.58. The van der Waals surface area contributed by atoms with E-state index < -0.39 is 20.6 Å². The number of sulfone groups is 1. The van der Waals surface area contributed by atoms with Crippen LogP contribution in [-0.4, -0.2) is 43.8 Å². The van der Waals surface area contributed by atoms with E-state index in [-0.39, 0.29) is 18.5 Å². The second kappa shape index (κ2) is 7.41. The summed E-state index contributed by atoms with van der Waals surface area (Å²) < 4.78 is 40.6. The Morgan fingerprint density at radius 3 is 2.76 bits per heavy atom. The van der Waals surface area contributed by atoms with E-state index in [0.717, 1.165) is 6.26 Å². The quantitative estimate of drug-likeness (QED) is 0.641. The molecule has 9 heteroatoms. The summed E-state index contributed by atoms with van der Waals surface area (Å²) >= 11 is 3.09. The predicted molar refractivity (Wildman–Crippen MR) is 94.6 cm³/mol. The van der Waals surface area contributed by atoms with Crippen molar-refractivity contribution in [2.75, 3.05) is 12.9 Å². The molecule has 25 heavy (non-hydrogen) atoms. The maximum atomic E-state index is 13.6. The average Bonchev–Trinajstić information content (AvgIpc) is 2.97. The van der Waals surface area contributed by atoms with E-state index >= 15 is 0 Å². The van der Waals surface area contributed by atoms with Gasteiger partial charge in [0.05, 0.1) is 16.8 Å². The van der Waals surface area contributed by atoms with E-state index in [9.17, 15) is 17.6 Å². The zero-order chi connectivity index (χ0) is 18.8. The second-order valence-electron chi connectivity index (χ2n) is 6.31. The number of rotatable bonds is 6. The van der Waals surface area contributed by atoms with E-state index in [4.69, 9.17) is 9.57 Å². The molecule has 1 atom stereocenters. The maximum absolute atomic E-state index is 13.6. The topological polar surface area (TPSA) is 82.0 Å². The first-order valence-electron chi connectivity index (χ1n) is 7.57. The Hall–Kier alpha value is -1.48.